The minimum atomic E-state index is -0.439. The van der Waals surface area contributed by atoms with Crippen molar-refractivity contribution in [2.75, 3.05) is 7.11 Å². The van der Waals surface area contributed by atoms with E-state index in [0.717, 1.165) is 10.6 Å². The fraction of sp³-hybridized carbons (Fsp3) is 0.556. The van der Waals surface area contributed by atoms with Crippen molar-refractivity contribution in [1.82, 2.24) is 4.98 Å². The van der Waals surface area contributed by atoms with Crippen LogP contribution >= 0.6 is 11.3 Å². The van der Waals surface area contributed by atoms with Gasteiger partial charge in [0.05, 0.1) is 5.69 Å². The van der Waals surface area contributed by atoms with E-state index < -0.39 is 6.10 Å². The average Bonchev–Trinajstić information content (AvgIpc) is 2.57. The molecule has 0 aromatic carbocycles. The summed E-state index contributed by atoms with van der Waals surface area (Å²) < 4.78 is 4.94. The van der Waals surface area contributed by atoms with Crippen molar-refractivity contribution in [2.24, 2.45) is 5.73 Å². The number of thiazole rings is 1. The molecule has 0 bridgehead atoms. The molecule has 0 amide bonds. The maximum atomic E-state index is 11.6. The van der Waals surface area contributed by atoms with Crippen LogP contribution in [0, 0.1) is 6.92 Å². The smallest absolute Gasteiger partial charge is 0.219 e. The maximum Gasteiger partial charge on any atom is 0.219 e. The van der Waals surface area contributed by atoms with Gasteiger partial charge < -0.3 is 10.5 Å². The average molecular weight is 214 g/mol. The molecule has 5 heteroatoms. The van der Waals surface area contributed by atoms with Gasteiger partial charge in [0.15, 0.2) is 5.01 Å². The summed E-state index contributed by atoms with van der Waals surface area (Å²) in [5.74, 6) is -0.0831. The van der Waals surface area contributed by atoms with Gasteiger partial charge >= 0.3 is 0 Å². The summed E-state index contributed by atoms with van der Waals surface area (Å²) in [7, 11) is 1.51. The number of rotatable bonds is 4. The van der Waals surface area contributed by atoms with E-state index in [4.69, 9.17) is 10.5 Å². The first-order valence-electron chi connectivity index (χ1n) is 4.33. The van der Waals surface area contributed by atoms with Crippen LogP contribution in [0.4, 0.5) is 0 Å². The highest BCUT2D eigenvalue weighted by molar-refractivity contribution is 7.13. The largest absolute Gasteiger partial charge is 0.373 e. The van der Waals surface area contributed by atoms with Crippen LogP contribution in [0.3, 0.4) is 0 Å². The standard InChI is InChI=1S/C9H14N2O2S/c1-5-7(4-10)14-9(11-5)8(12)6(2)13-3/h6H,4,10H2,1-3H3. The molecule has 0 aliphatic carbocycles. The zero-order chi connectivity index (χ0) is 10.7. The topological polar surface area (TPSA) is 65.2 Å². The van der Waals surface area contributed by atoms with Crippen molar-refractivity contribution in [3.63, 3.8) is 0 Å². The molecule has 0 fully saturated rings. The lowest BCUT2D eigenvalue weighted by Gasteiger charge is -2.04. The first-order valence-corrected chi connectivity index (χ1v) is 5.15. The summed E-state index contributed by atoms with van der Waals surface area (Å²) in [5.41, 5.74) is 6.34. The molecule has 1 atom stereocenters. The van der Waals surface area contributed by atoms with Crippen molar-refractivity contribution in [2.45, 2.75) is 26.5 Å². The molecule has 1 aromatic rings. The molecule has 1 aromatic heterocycles. The second-order valence-electron chi connectivity index (χ2n) is 2.97. The van der Waals surface area contributed by atoms with Crippen LogP contribution in [0.25, 0.3) is 0 Å². The van der Waals surface area contributed by atoms with Gasteiger partial charge in [-0.15, -0.1) is 11.3 Å². The Morgan fingerprint density at radius 3 is 2.79 bits per heavy atom. The minimum Gasteiger partial charge on any atom is -0.373 e. The summed E-state index contributed by atoms with van der Waals surface area (Å²) in [6.45, 7) is 3.99. The zero-order valence-electron chi connectivity index (χ0n) is 8.53. The van der Waals surface area contributed by atoms with Gasteiger partial charge in [-0.25, -0.2) is 4.98 Å². The van der Waals surface area contributed by atoms with Gasteiger partial charge in [0.1, 0.15) is 6.10 Å². The molecule has 0 aliphatic rings. The Bertz CT molecular complexity index is 336. The van der Waals surface area contributed by atoms with Gasteiger partial charge in [0.2, 0.25) is 5.78 Å². The predicted molar refractivity (Wildman–Crippen MR) is 55.5 cm³/mol. The second-order valence-corrected chi connectivity index (χ2v) is 4.06. The first kappa shape index (κ1) is 11.3. The first-order chi connectivity index (χ1) is 6.60. The molecule has 0 radical (unpaired) electrons. The van der Waals surface area contributed by atoms with Crippen LogP contribution in [0.2, 0.25) is 0 Å². The third-order valence-electron chi connectivity index (χ3n) is 2.01. The Morgan fingerprint density at radius 2 is 2.36 bits per heavy atom. The number of aryl methyl sites for hydroxylation is 1. The normalized spacial score (nSPS) is 12.9. The van der Waals surface area contributed by atoms with Crippen LogP contribution in [-0.4, -0.2) is 24.0 Å². The molecular formula is C9H14N2O2S. The van der Waals surface area contributed by atoms with Crippen molar-refractivity contribution < 1.29 is 9.53 Å². The number of hydrogen-bond donors (Lipinski definition) is 1. The van der Waals surface area contributed by atoms with Crippen LogP contribution in [0.1, 0.15) is 27.3 Å². The highest BCUT2D eigenvalue weighted by atomic mass is 32.1. The highest BCUT2D eigenvalue weighted by Crippen LogP contribution is 2.19. The quantitative estimate of drug-likeness (QED) is 0.763. The number of carbonyl (C=O) groups is 1. The Morgan fingerprint density at radius 1 is 1.71 bits per heavy atom. The number of ether oxygens (including phenoxy) is 1. The summed E-state index contributed by atoms with van der Waals surface area (Å²) in [6, 6.07) is 0. The Kier molecular flexibility index (Phi) is 3.74. The van der Waals surface area contributed by atoms with E-state index in [0.29, 0.717) is 11.6 Å². The van der Waals surface area contributed by atoms with Crippen LogP contribution in [0.15, 0.2) is 0 Å². The van der Waals surface area contributed by atoms with E-state index >= 15 is 0 Å². The Hall–Kier alpha value is -0.780. The predicted octanol–water partition coefficient (Wildman–Crippen LogP) is 1.13. The minimum absolute atomic E-state index is 0.0831. The highest BCUT2D eigenvalue weighted by Gasteiger charge is 2.19. The molecule has 0 spiro atoms. The molecule has 2 N–H and O–H groups in total. The zero-order valence-corrected chi connectivity index (χ0v) is 9.35. The molecule has 1 unspecified atom stereocenters. The summed E-state index contributed by atoms with van der Waals surface area (Å²) in [5, 5.41) is 0.484. The van der Waals surface area contributed by atoms with Gasteiger partial charge in [0, 0.05) is 18.5 Å². The molecule has 0 saturated heterocycles. The van der Waals surface area contributed by atoms with Gasteiger partial charge in [-0.3, -0.25) is 4.79 Å². The van der Waals surface area contributed by atoms with E-state index in [1.54, 1.807) is 6.92 Å². The van der Waals surface area contributed by atoms with E-state index in [2.05, 4.69) is 4.98 Å². The van der Waals surface area contributed by atoms with Crippen LogP contribution in [0.5, 0.6) is 0 Å². The number of ketones is 1. The van der Waals surface area contributed by atoms with Crippen molar-refractivity contribution in [3.05, 3.63) is 15.6 Å². The Labute approximate surface area is 87.1 Å². The van der Waals surface area contributed by atoms with Crippen LogP contribution < -0.4 is 5.73 Å². The maximum absolute atomic E-state index is 11.6. The summed E-state index contributed by atoms with van der Waals surface area (Å²) in [4.78, 5) is 16.8. The second kappa shape index (κ2) is 4.63. The lowest BCUT2D eigenvalue weighted by Crippen LogP contribution is -2.18. The number of nitrogens with two attached hydrogens (primary N) is 1. The van der Waals surface area contributed by atoms with Crippen molar-refractivity contribution in [1.29, 1.82) is 0 Å². The van der Waals surface area contributed by atoms with E-state index in [-0.39, 0.29) is 5.78 Å². The van der Waals surface area contributed by atoms with E-state index in [1.165, 1.54) is 18.4 Å². The third kappa shape index (κ3) is 2.17. The molecule has 1 rings (SSSR count). The monoisotopic (exact) mass is 214 g/mol. The van der Waals surface area contributed by atoms with Gasteiger partial charge in [-0.1, -0.05) is 0 Å². The number of aromatic nitrogens is 1. The SMILES string of the molecule is COC(C)C(=O)c1nc(C)c(CN)s1. The molecule has 1 heterocycles. The fourth-order valence-electron chi connectivity index (χ4n) is 1.00. The van der Waals surface area contributed by atoms with Crippen molar-refractivity contribution in [3.8, 4) is 0 Å². The Balaban J connectivity index is 2.91. The van der Waals surface area contributed by atoms with Crippen molar-refractivity contribution >= 4 is 17.1 Å². The summed E-state index contributed by atoms with van der Waals surface area (Å²) in [6.07, 6.45) is -0.439. The molecule has 14 heavy (non-hydrogen) atoms. The third-order valence-corrected chi connectivity index (χ3v) is 3.21. The van der Waals surface area contributed by atoms with E-state index in [9.17, 15) is 4.79 Å². The molecular weight excluding hydrogens is 200 g/mol. The van der Waals surface area contributed by atoms with Gasteiger partial charge in [-0.05, 0) is 13.8 Å². The van der Waals surface area contributed by atoms with Gasteiger partial charge in [-0.2, -0.15) is 0 Å². The number of Topliss-reactive ketones (excluding diaryl/α,β-unsaturated/α-hetero) is 1. The van der Waals surface area contributed by atoms with Gasteiger partial charge in [0.25, 0.3) is 0 Å². The molecule has 78 valence electrons. The summed E-state index contributed by atoms with van der Waals surface area (Å²) >= 11 is 1.35. The van der Waals surface area contributed by atoms with Crippen LogP contribution in [-0.2, 0) is 11.3 Å². The number of carbonyl (C=O) groups excluding carboxylic acids is 1. The lowest BCUT2D eigenvalue weighted by atomic mass is 10.3. The number of nitrogens with zero attached hydrogens (tertiary/aromatic N) is 1. The molecule has 0 aliphatic heterocycles. The number of methoxy groups -OCH3 is 1. The molecule has 0 saturated carbocycles. The number of hydrogen-bond acceptors (Lipinski definition) is 5. The lowest BCUT2D eigenvalue weighted by molar-refractivity contribution is 0.0655. The van der Waals surface area contributed by atoms with E-state index in [1.807, 2.05) is 6.92 Å². The fourth-order valence-corrected chi connectivity index (χ4v) is 1.96. The molecule has 4 nitrogen and oxygen atoms in total.